The van der Waals surface area contributed by atoms with Gasteiger partial charge < -0.3 is 29.9 Å². The van der Waals surface area contributed by atoms with E-state index in [9.17, 15) is 14.7 Å². The highest BCUT2D eigenvalue weighted by molar-refractivity contribution is 5.99. The van der Waals surface area contributed by atoms with Gasteiger partial charge in [-0.05, 0) is 0 Å². The van der Waals surface area contributed by atoms with Crippen molar-refractivity contribution < 1.29 is 23.4 Å². The molecule has 4 rings (SSSR count). The third-order valence-corrected chi connectivity index (χ3v) is 5.42. The third-order valence-electron chi connectivity index (χ3n) is 5.42. The van der Waals surface area contributed by atoms with Crippen LogP contribution in [0.2, 0.25) is 0 Å². The van der Waals surface area contributed by atoms with Crippen molar-refractivity contribution in [2.75, 3.05) is 50.0 Å². The van der Waals surface area contributed by atoms with Gasteiger partial charge in [-0.25, -0.2) is 13.6 Å². The Morgan fingerprint density at radius 1 is 1.23 bits per heavy atom. The molecule has 2 aliphatic heterocycles. The number of ether oxygens (including phenoxy) is 1. The molecule has 2 aliphatic rings. The van der Waals surface area contributed by atoms with E-state index in [1.165, 1.54) is 15.8 Å². The molecule has 12 heteroatoms. The van der Waals surface area contributed by atoms with Gasteiger partial charge in [0.2, 0.25) is 5.43 Å². The highest BCUT2D eigenvalue weighted by Crippen LogP contribution is 2.37. The molecule has 162 valence electrons. The van der Waals surface area contributed by atoms with Crippen molar-refractivity contribution in [3.05, 3.63) is 33.6 Å². The van der Waals surface area contributed by atoms with E-state index in [1.54, 1.807) is 4.90 Å². The van der Waals surface area contributed by atoms with E-state index in [0.29, 0.717) is 13.1 Å². The molecule has 0 aliphatic carbocycles. The van der Waals surface area contributed by atoms with Crippen LogP contribution < -0.4 is 16.1 Å². The van der Waals surface area contributed by atoms with Crippen LogP contribution in [0.1, 0.15) is 16.4 Å². The van der Waals surface area contributed by atoms with E-state index in [1.807, 2.05) is 0 Å². The van der Waals surface area contributed by atoms with Gasteiger partial charge in [-0.1, -0.05) is 0 Å². The van der Waals surface area contributed by atoms with Crippen LogP contribution in [-0.2, 0) is 4.74 Å². The number of pyridine rings is 1. The van der Waals surface area contributed by atoms with Crippen molar-refractivity contribution in [2.45, 2.75) is 6.04 Å². The highest BCUT2D eigenvalue weighted by atomic mass is 35.5. The number of fused-ring (bicyclic) bond motifs is 1. The predicted molar refractivity (Wildman–Crippen MR) is 109 cm³/mol. The van der Waals surface area contributed by atoms with Crippen LogP contribution in [0.4, 0.5) is 20.2 Å². The SMILES string of the molecule is Cl.N=CN1CCN(c2c(F)c(N)c3c(=O)c(C(=O)O)cn(C4COC4)c3c2F)CC1. The standard InChI is InChI=1S/C18H19F2N5O4.ClH/c19-12-14(22)11-15(13(20)16(12)24-3-1-23(8-21)2-4-24)25(9-6-29-7-9)5-10(17(11)26)18(27)28;/h5,8-9,21H,1-4,6-7,22H2,(H,27,28);1H. The second-order valence-corrected chi connectivity index (χ2v) is 7.04. The summed E-state index contributed by atoms with van der Waals surface area (Å²) in [6, 6.07) is -0.391. The summed E-state index contributed by atoms with van der Waals surface area (Å²) in [5.41, 5.74) is 3.10. The number of aromatic nitrogens is 1. The number of benzene rings is 1. The molecule has 30 heavy (non-hydrogen) atoms. The van der Waals surface area contributed by atoms with Gasteiger partial charge in [-0.15, -0.1) is 12.4 Å². The molecule has 9 nitrogen and oxygen atoms in total. The summed E-state index contributed by atoms with van der Waals surface area (Å²) in [7, 11) is 0. The number of nitrogens with two attached hydrogens (primary N) is 1. The zero-order chi connectivity index (χ0) is 20.9. The maximum atomic E-state index is 15.6. The first-order valence-electron chi connectivity index (χ1n) is 9.01. The Balaban J connectivity index is 0.00000256. The van der Waals surface area contributed by atoms with Crippen molar-refractivity contribution in [3.8, 4) is 0 Å². The van der Waals surface area contributed by atoms with Crippen LogP contribution in [0.3, 0.4) is 0 Å². The monoisotopic (exact) mass is 443 g/mol. The van der Waals surface area contributed by atoms with E-state index >= 15 is 8.78 Å². The number of aromatic carboxylic acids is 1. The van der Waals surface area contributed by atoms with Crippen LogP contribution in [0.25, 0.3) is 10.9 Å². The number of rotatable bonds is 4. The Labute approximate surface area is 175 Å². The van der Waals surface area contributed by atoms with Gasteiger partial charge in [0.1, 0.15) is 11.3 Å². The average Bonchev–Trinajstić information content (AvgIpc) is 2.66. The van der Waals surface area contributed by atoms with Gasteiger partial charge in [-0.3, -0.25) is 10.2 Å². The minimum absolute atomic E-state index is 0. The molecule has 0 saturated carbocycles. The average molecular weight is 444 g/mol. The first-order chi connectivity index (χ1) is 13.8. The van der Waals surface area contributed by atoms with Crippen molar-refractivity contribution in [1.29, 1.82) is 5.41 Å². The molecular weight excluding hydrogens is 424 g/mol. The molecule has 0 atom stereocenters. The van der Waals surface area contributed by atoms with Crippen LogP contribution in [-0.4, -0.2) is 66.3 Å². The Bertz CT molecular complexity index is 1080. The van der Waals surface area contributed by atoms with E-state index in [0.717, 1.165) is 6.20 Å². The maximum Gasteiger partial charge on any atom is 0.341 e. The summed E-state index contributed by atoms with van der Waals surface area (Å²) in [4.78, 5) is 27.3. The van der Waals surface area contributed by atoms with Gasteiger partial charge in [0, 0.05) is 32.4 Å². The minimum Gasteiger partial charge on any atom is -0.477 e. The third kappa shape index (κ3) is 3.23. The summed E-state index contributed by atoms with van der Waals surface area (Å²) < 4.78 is 37.2. The number of carboxylic acid groups (broad SMARTS) is 1. The molecule has 1 aromatic carbocycles. The number of piperazine rings is 1. The molecule has 0 amide bonds. The van der Waals surface area contributed by atoms with Crippen LogP contribution in [0.15, 0.2) is 11.0 Å². The molecule has 2 fully saturated rings. The molecule has 2 saturated heterocycles. The fourth-order valence-corrected chi connectivity index (χ4v) is 3.73. The molecule has 2 aromatic rings. The fraction of sp³-hybridized carbons (Fsp3) is 0.389. The first kappa shape index (κ1) is 21.8. The smallest absolute Gasteiger partial charge is 0.341 e. The summed E-state index contributed by atoms with van der Waals surface area (Å²) in [6.07, 6.45) is 2.23. The van der Waals surface area contributed by atoms with E-state index in [2.05, 4.69) is 0 Å². The Hall–Kier alpha value is -2.92. The van der Waals surface area contributed by atoms with E-state index < -0.39 is 45.7 Å². The van der Waals surface area contributed by atoms with Gasteiger partial charge >= 0.3 is 5.97 Å². The Morgan fingerprint density at radius 2 is 1.87 bits per heavy atom. The van der Waals surface area contributed by atoms with Crippen molar-refractivity contribution in [3.63, 3.8) is 0 Å². The molecule has 4 N–H and O–H groups in total. The highest BCUT2D eigenvalue weighted by Gasteiger charge is 2.32. The first-order valence-corrected chi connectivity index (χ1v) is 9.01. The van der Waals surface area contributed by atoms with Gasteiger partial charge in [-0.2, -0.15) is 0 Å². The van der Waals surface area contributed by atoms with Crippen molar-refractivity contribution in [2.24, 2.45) is 0 Å². The number of nitrogens with one attached hydrogen (secondary N) is 1. The topological polar surface area (TPSA) is 125 Å². The Morgan fingerprint density at radius 3 is 2.37 bits per heavy atom. The van der Waals surface area contributed by atoms with Gasteiger partial charge in [0.15, 0.2) is 11.6 Å². The number of nitrogen functional groups attached to an aromatic ring is 1. The second kappa shape index (κ2) is 8.07. The quantitative estimate of drug-likeness (QED) is 0.369. The molecular formula is C18H20ClF2N5O4. The Kier molecular flexibility index (Phi) is 5.86. The molecule has 1 aromatic heterocycles. The number of nitrogens with zero attached hydrogens (tertiary/aromatic N) is 3. The van der Waals surface area contributed by atoms with Crippen LogP contribution >= 0.6 is 12.4 Å². The lowest BCUT2D eigenvalue weighted by molar-refractivity contribution is -0.0219. The number of halogens is 3. The fourth-order valence-electron chi connectivity index (χ4n) is 3.73. The van der Waals surface area contributed by atoms with Gasteiger partial charge in [0.25, 0.3) is 0 Å². The van der Waals surface area contributed by atoms with Crippen molar-refractivity contribution in [1.82, 2.24) is 9.47 Å². The normalized spacial score (nSPS) is 16.9. The minimum atomic E-state index is -1.50. The summed E-state index contributed by atoms with van der Waals surface area (Å²) in [5, 5.41) is 16.2. The second-order valence-electron chi connectivity index (χ2n) is 7.04. The molecule has 3 heterocycles. The summed E-state index contributed by atoms with van der Waals surface area (Å²) in [5.74, 6) is -3.55. The lowest BCUT2D eigenvalue weighted by Gasteiger charge is -2.36. The molecule has 0 radical (unpaired) electrons. The summed E-state index contributed by atoms with van der Waals surface area (Å²) >= 11 is 0. The lowest BCUT2D eigenvalue weighted by atomic mass is 10.0. The zero-order valence-electron chi connectivity index (χ0n) is 15.7. The summed E-state index contributed by atoms with van der Waals surface area (Å²) in [6.45, 7) is 1.75. The van der Waals surface area contributed by atoms with Crippen molar-refractivity contribution >= 4 is 47.0 Å². The van der Waals surface area contributed by atoms with Gasteiger partial charge in [0.05, 0.1) is 42.2 Å². The van der Waals surface area contributed by atoms with Crippen LogP contribution in [0, 0.1) is 17.0 Å². The predicted octanol–water partition coefficient (Wildman–Crippen LogP) is 1.28. The number of carboxylic acids is 1. The maximum absolute atomic E-state index is 15.6. The number of hydrogen-bond acceptors (Lipinski definition) is 6. The largest absolute Gasteiger partial charge is 0.477 e. The molecule has 0 spiro atoms. The zero-order valence-corrected chi connectivity index (χ0v) is 16.5. The number of carbonyl (C=O) groups is 1. The molecule has 0 unspecified atom stereocenters. The molecule has 0 bridgehead atoms. The number of anilines is 2. The number of hydrogen-bond donors (Lipinski definition) is 3. The van der Waals surface area contributed by atoms with E-state index in [-0.39, 0.29) is 49.9 Å². The van der Waals surface area contributed by atoms with Crippen LogP contribution in [0.5, 0.6) is 0 Å². The van der Waals surface area contributed by atoms with E-state index in [4.69, 9.17) is 15.9 Å². The lowest BCUT2D eigenvalue weighted by Crippen LogP contribution is -2.46.